The Labute approximate surface area is 85.9 Å². The molecule has 0 fully saturated rings. The lowest BCUT2D eigenvalue weighted by molar-refractivity contribution is 1.41. The highest BCUT2D eigenvalue weighted by atomic mass is 32.1. The largest absolute Gasteiger partial charge is 0.361 e. The number of nitrogens with one attached hydrogen (secondary N) is 1. The first-order valence-electron chi connectivity index (χ1n) is 4.41. The number of hydrogen-bond donors (Lipinski definition) is 1. The van der Waals surface area contributed by atoms with Crippen molar-refractivity contribution in [1.82, 2.24) is 4.98 Å². The van der Waals surface area contributed by atoms with E-state index in [0.717, 1.165) is 11.4 Å². The van der Waals surface area contributed by atoms with Gasteiger partial charge in [0.25, 0.3) is 0 Å². The van der Waals surface area contributed by atoms with Crippen LogP contribution in [-0.4, -0.2) is 4.98 Å². The molecule has 0 atom stereocenters. The topological polar surface area (TPSA) is 24.9 Å². The van der Waals surface area contributed by atoms with E-state index < -0.39 is 0 Å². The normalized spacial score (nSPS) is 12.6. The van der Waals surface area contributed by atoms with Crippen LogP contribution in [-0.2, 0) is 0 Å². The molecule has 68 valence electrons. The number of nitrogens with zero attached hydrogens (tertiary/aromatic N) is 1. The summed E-state index contributed by atoms with van der Waals surface area (Å²) in [7, 11) is 0. The molecule has 2 nitrogen and oxygen atoms in total. The highest BCUT2D eigenvalue weighted by molar-refractivity contribution is 7.11. The van der Waals surface area contributed by atoms with Crippen molar-refractivity contribution in [3.63, 3.8) is 0 Å². The summed E-state index contributed by atoms with van der Waals surface area (Å²) in [6, 6.07) is 8.22. The van der Waals surface area contributed by atoms with Crippen molar-refractivity contribution >= 4 is 23.1 Å². The Morgan fingerprint density at radius 1 is 1.21 bits per heavy atom. The molecule has 0 saturated heterocycles. The van der Waals surface area contributed by atoms with Crippen LogP contribution in [0.15, 0.2) is 36.0 Å². The molecule has 0 bridgehead atoms. The highest BCUT2D eigenvalue weighted by Crippen LogP contribution is 2.34. The zero-order valence-corrected chi connectivity index (χ0v) is 8.21. The van der Waals surface area contributed by atoms with Crippen molar-refractivity contribution < 1.29 is 0 Å². The third-order valence-corrected chi connectivity index (χ3v) is 3.04. The Kier molecular flexibility index (Phi) is 1.64. The molecule has 0 amide bonds. The molecule has 1 N–H and O–H groups in total. The summed E-state index contributed by atoms with van der Waals surface area (Å²) in [5.74, 6) is 0. The van der Waals surface area contributed by atoms with Gasteiger partial charge in [-0.25, -0.2) is 4.98 Å². The summed E-state index contributed by atoms with van der Waals surface area (Å²) in [5.41, 5.74) is 5.26. The van der Waals surface area contributed by atoms with Crippen LogP contribution in [0.5, 0.6) is 0 Å². The molecule has 0 spiro atoms. The Morgan fingerprint density at radius 3 is 3.14 bits per heavy atom. The smallest absolute Gasteiger partial charge is 0.0905 e. The van der Waals surface area contributed by atoms with Gasteiger partial charge in [-0.05, 0) is 12.1 Å². The van der Waals surface area contributed by atoms with Gasteiger partial charge < -0.3 is 5.32 Å². The lowest BCUT2D eigenvalue weighted by Crippen LogP contribution is -1.88. The minimum absolute atomic E-state index is 1.08. The molecule has 14 heavy (non-hydrogen) atoms. The third kappa shape index (κ3) is 1.06. The predicted octanol–water partition coefficient (Wildman–Crippen LogP) is 3.21. The van der Waals surface area contributed by atoms with E-state index in [-0.39, 0.29) is 0 Å². The van der Waals surface area contributed by atoms with Gasteiger partial charge in [0.15, 0.2) is 0 Å². The second-order valence-corrected chi connectivity index (χ2v) is 3.97. The Morgan fingerprint density at radius 2 is 2.14 bits per heavy atom. The average molecular weight is 200 g/mol. The third-order valence-electron chi connectivity index (χ3n) is 2.25. The number of anilines is 1. The maximum absolute atomic E-state index is 4.39. The molecule has 2 heterocycles. The van der Waals surface area contributed by atoms with Gasteiger partial charge in [-0.2, -0.15) is 0 Å². The maximum atomic E-state index is 4.39. The van der Waals surface area contributed by atoms with Gasteiger partial charge in [0.2, 0.25) is 0 Å². The van der Waals surface area contributed by atoms with E-state index >= 15 is 0 Å². The molecule has 0 radical (unpaired) electrons. The van der Waals surface area contributed by atoms with Crippen molar-refractivity contribution in [3.05, 3.63) is 40.9 Å². The van der Waals surface area contributed by atoms with Gasteiger partial charge >= 0.3 is 0 Å². The first-order chi connectivity index (χ1) is 6.95. The molecule has 0 aliphatic carbocycles. The molecule has 0 unspecified atom stereocenters. The molecular weight excluding hydrogens is 192 g/mol. The standard InChI is InChI=1S/C11H8N2S/c1-2-4-9-8(3-1)11-10(5-6-12-9)14-7-13-11/h1-7,12H. The first kappa shape index (κ1) is 7.76. The molecule has 3 rings (SSSR count). The predicted molar refractivity (Wildman–Crippen MR) is 60.2 cm³/mol. The van der Waals surface area contributed by atoms with E-state index in [1.165, 1.54) is 10.4 Å². The number of fused-ring (bicyclic) bond motifs is 3. The van der Waals surface area contributed by atoms with Gasteiger partial charge in [0.1, 0.15) is 0 Å². The van der Waals surface area contributed by atoms with Crippen LogP contribution >= 0.6 is 11.3 Å². The van der Waals surface area contributed by atoms with E-state index in [4.69, 9.17) is 0 Å². The molecule has 3 heteroatoms. The van der Waals surface area contributed by atoms with Crippen LogP contribution in [0, 0.1) is 0 Å². The number of hydrogen-bond acceptors (Lipinski definition) is 3. The summed E-state index contributed by atoms with van der Waals surface area (Å²) in [6.07, 6.45) is 4.02. The van der Waals surface area contributed by atoms with Crippen LogP contribution in [0.1, 0.15) is 4.88 Å². The lowest BCUT2D eigenvalue weighted by Gasteiger charge is -2.04. The zero-order valence-electron chi connectivity index (χ0n) is 7.40. The number of aromatic nitrogens is 1. The first-order valence-corrected chi connectivity index (χ1v) is 5.29. The zero-order chi connectivity index (χ0) is 9.38. The van der Waals surface area contributed by atoms with Crippen molar-refractivity contribution in [2.45, 2.75) is 0 Å². The van der Waals surface area contributed by atoms with E-state index in [1.807, 2.05) is 23.8 Å². The van der Waals surface area contributed by atoms with E-state index in [0.29, 0.717) is 0 Å². The minimum Gasteiger partial charge on any atom is -0.361 e. The molecule has 1 aliphatic heterocycles. The van der Waals surface area contributed by atoms with Crippen molar-refractivity contribution in [3.8, 4) is 11.3 Å². The van der Waals surface area contributed by atoms with Gasteiger partial charge in [-0.1, -0.05) is 18.2 Å². The molecule has 2 aromatic rings. The van der Waals surface area contributed by atoms with Crippen LogP contribution in [0.25, 0.3) is 17.3 Å². The molecule has 0 saturated carbocycles. The van der Waals surface area contributed by atoms with Gasteiger partial charge in [0.05, 0.1) is 16.1 Å². The van der Waals surface area contributed by atoms with Crippen LogP contribution < -0.4 is 5.32 Å². The number of para-hydroxylation sites is 1. The van der Waals surface area contributed by atoms with Crippen molar-refractivity contribution in [2.24, 2.45) is 0 Å². The van der Waals surface area contributed by atoms with Gasteiger partial charge in [0, 0.05) is 17.5 Å². The minimum atomic E-state index is 1.08. The summed E-state index contributed by atoms with van der Waals surface area (Å²) >= 11 is 1.66. The van der Waals surface area contributed by atoms with Gasteiger partial charge in [-0.15, -0.1) is 11.3 Å². The Balaban J connectivity index is 2.33. The Bertz CT molecular complexity index is 499. The molecular formula is C11H8N2S. The fraction of sp³-hybridized carbons (Fsp3) is 0. The summed E-state index contributed by atoms with van der Waals surface area (Å²) < 4.78 is 0. The van der Waals surface area contributed by atoms with Crippen molar-refractivity contribution in [1.29, 1.82) is 0 Å². The maximum Gasteiger partial charge on any atom is 0.0905 e. The monoisotopic (exact) mass is 200 g/mol. The number of thiazole rings is 1. The van der Waals surface area contributed by atoms with Crippen LogP contribution in [0.3, 0.4) is 0 Å². The quantitative estimate of drug-likeness (QED) is 0.706. The second kappa shape index (κ2) is 2.96. The summed E-state index contributed by atoms with van der Waals surface area (Å²) in [4.78, 5) is 5.60. The molecule has 1 aromatic heterocycles. The lowest BCUT2D eigenvalue weighted by atomic mass is 10.1. The van der Waals surface area contributed by atoms with Crippen molar-refractivity contribution in [2.75, 3.05) is 5.32 Å². The number of rotatable bonds is 0. The molecule has 1 aliphatic rings. The van der Waals surface area contributed by atoms with Crippen LogP contribution in [0.4, 0.5) is 5.69 Å². The van der Waals surface area contributed by atoms with E-state index in [2.05, 4.69) is 28.5 Å². The fourth-order valence-corrected chi connectivity index (χ4v) is 2.29. The van der Waals surface area contributed by atoms with E-state index in [9.17, 15) is 0 Å². The average Bonchev–Trinajstić information content (AvgIpc) is 2.61. The summed E-state index contributed by atoms with van der Waals surface area (Å²) in [6.45, 7) is 0. The number of benzene rings is 1. The van der Waals surface area contributed by atoms with Crippen LogP contribution in [0.2, 0.25) is 0 Å². The SMILES string of the molecule is C1=Cc2scnc2-c2ccccc2N1. The van der Waals surface area contributed by atoms with E-state index in [1.54, 1.807) is 11.3 Å². The Hall–Kier alpha value is -1.61. The fourth-order valence-electron chi connectivity index (χ4n) is 1.60. The highest BCUT2D eigenvalue weighted by Gasteiger charge is 2.12. The molecule has 1 aromatic carbocycles. The second-order valence-electron chi connectivity index (χ2n) is 3.09. The van der Waals surface area contributed by atoms with Gasteiger partial charge in [-0.3, -0.25) is 0 Å². The summed E-state index contributed by atoms with van der Waals surface area (Å²) in [5, 5.41) is 3.24.